The molecule has 0 saturated carbocycles. The van der Waals surface area contributed by atoms with Gasteiger partial charge in [-0.1, -0.05) is 0 Å². The summed E-state index contributed by atoms with van der Waals surface area (Å²) in [5, 5.41) is 8.40. The maximum absolute atomic E-state index is 13.3. The van der Waals surface area contributed by atoms with Crippen LogP contribution >= 0.6 is 0 Å². The Balaban J connectivity index is 1.38. The number of hydrogen-bond acceptors (Lipinski definition) is 4. The molecule has 0 amide bonds. The highest BCUT2D eigenvalue weighted by Crippen LogP contribution is 2.31. The van der Waals surface area contributed by atoms with Crippen LogP contribution in [-0.2, 0) is 24.1 Å². The van der Waals surface area contributed by atoms with Crippen LogP contribution in [0.3, 0.4) is 0 Å². The lowest BCUT2D eigenvalue weighted by molar-refractivity contribution is -0.0576. The van der Waals surface area contributed by atoms with E-state index in [2.05, 4.69) is 10.2 Å². The summed E-state index contributed by atoms with van der Waals surface area (Å²) in [4.78, 5) is 2.48. The van der Waals surface area contributed by atoms with Gasteiger partial charge in [-0.15, -0.1) is 0 Å². The minimum Gasteiger partial charge on any atom is -0.371 e. The summed E-state index contributed by atoms with van der Waals surface area (Å²) in [6.45, 7) is 5.62. The molecular formula is C20H25FN4O. The zero-order valence-corrected chi connectivity index (χ0v) is 15.0. The maximum Gasteiger partial charge on any atom is 0.123 e. The second-order valence-electron chi connectivity index (χ2n) is 7.78. The second-order valence-corrected chi connectivity index (χ2v) is 7.78. The van der Waals surface area contributed by atoms with Crippen molar-refractivity contribution in [3.05, 3.63) is 47.0 Å². The standard InChI is InChI=1S/C20H25FN4O/c21-15-4-6-16(7-5-15)25-19-3-1-2-17(19)18(23-25)12-24-10-8-20(14-24)13-22-9-11-26-20/h4-7,22H,1-3,8-14H2. The number of halogens is 1. The van der Waals surface area contributed by atoms with Gasteiger partial charge in [0.1, 0.15) is 5.82 Å². The van der Waals surface area contributed by atoms with Gasteiger partial charge >= 0.3 is 0 Å². The molecule has 5 rings (SSSR count). The summed E-state index contributed by atoms with van der Waals surface area (Å²) in [5.74, 6) is -0.207. The van der Waals surface area contributed by atoms with Crippen LogP contribution in [0.1, 0.15) is 29.8 Å². The predicted octanol–water partition coefficient (Wildman–Crippen LogP) is 2.06. The average molecular weight is 356 g/mol. The summed E-state index contributed by atoms with van der Waals surface area (Å²) in [6.07, 6.45) is 4.42. The Morgan fingerprint density at radius 1 is 1.23 bits per heavy atom. The lowest BCUT2D eigenvalue weighted by Gasteiger charge is -2.34. The van der Waals surface area contributed by atoms with Crippen LogP contribution in [0.2, 0.25) is 0 Å². The SMILES string of the molecule is Fc1ccc(-n2nc(CN3CCC4(CNCCO4)C3)c3c2CCC3)cc1. The first-order chi connectivity index (χ1) is 12.7. The van der Waals surface area contributed by atoms with Crippen LogP contribution in [-0.4, -0.2) is 53.1 Å². The first kappa shape index (κ1) is 16.4. The number of rotatable bonds is 3. The molecule has 0 bridgehead atoms. The molecule has 0 radical (unpaired) electrons. The molecule has 2 aliphatic heterocycles. The van der Waals surface area contributed by atoms with E-state index in [9.17, 15) is 4.39 Å². The van der Waals surface area contributed by atoms with Gasteiger partial charge < -0.3 is 10.1 Å². The topological polar surface area (TPSA) is 42.3 Å². The molecule has 1 spiro atoms. The van der Waals surface area contributed by atoms with Gasteiger partial charge in [-0.2, -0.15) is 5.10 Å². The third kappa shape index (κ3) is 2.86. The van der Waals surface area contributed by atoms with Gasteiger partial charge in [0.25, 0.3) is 0 Å². The normalized spacial score (nSPS) is 25.9. The molecule has 2 aromatic rings. The van der Waals surface area contributed by atoms with Crippen LogP contribution in [0.15, 0.2) is 24.3 Å². The average Bonchev–Trinajstić information content (AvgIpc) is 3.35. The fourth-order valence-corrected chi connectivity index (χ4v) is 4.68. The molecule has 2 saturated heterocycles. The molecule has 1 unspecified atom stereocenters. The fraction of sp³-hybridized carbons (Fsp3) is 0.550. The molecule has 1 atom stereocenters. The molecule has 3 aliphatic rings. The lowest BCUT2D eigenvalue weighted by atomic mass is 10.0. The molecule has 26 heavy (non-hydrogen) atoms. The van der Waals surface area contributed by atoms with Crippen molar-refractivity contribution in [2.75, 3.05) is 32.8 Å². The Morgan fingerprint density at radius 3 is 2.92 bits per heavy atom. The number of morpholine rings is 1. The van der Waals surface area contributed by atoms with E-state index in [0.717, 1.165) is 64.3 Å². The van der Waals surface area contributed by atoms with Crippen molar-refractivity contribution < 1.29 is 9.13 Å². The fourth-order valence-electron chi connectivity index (χ4n) is 4.68. The molecule has 6 heteroatoms. The summed E-state index contributed by atoms with van der Waals surface area (Å²) < 4.78 is 21.4. The minimum absolute atomic E-state index is 0.0130. The number of likely N-dealkylation sites (tertiary alicyclic amines) is 1. The number of aromatic nitrogens is 2. The van der Waals surface area contributed by atoms with E-state index in [1.54, 1.807) is 0 Å². The first-order valence-corrected chi connectivity index (χ1v) is 9.65. The number of benzene rings is 1. The Bertz CT molecular complexity index is 795. The van der Waals surface area contributed by atoms with Crippen LogP contribution < -0.4 is 5.32 Å². The minimum atomic E-state index is -0.207. The van der Waals surface area contributed by atoms with Crippen molar-refractivity contribution in [1.29, 1.82) is 0 Å². The predicted molar refractivity (Wildman–Crippen MR) is 97.0 cm³/mol. The first-order valence-electron chi connectivity index (χ1n) is 9.65. The van der Waals surface area contributed by atoms with Gasteiger partial charge in [0.2, 0.25) is 0 Å². The van der Waals surface area contributed by atoms with E-state index in [4.69, 9.17) is 9.84 Å². The summed E-state index contributed by atoms with van der Waals surface area (Å²) in [5.41, 5.74) is 4.83. The second kappa shape index (κ2) is 6.44. The highest BCUT2D eigenvalue weighted by molar-refractivity contribution is 5.40. The number of nitrogens with one attached hydrogen (secondary N) is 1. The molecule has 1 aliphatic carbocycles. The van der Waals surface area contributed by atoms with Gasteiger partial charge in [0, 0.05) is 38.4 Å². The Hall–Kier alpha value is -1.76. The molecule has 1 aromatic heterocycles. The van der Waals surface area contributed by atoms with Gasteiger partial charge in [0.15, 0.2) is 0 Å². The molecule has 1 aromatic carbocycles. The number of fused-ring (bicyclic) bond motifs is 1. The molecule has 1 N–H and O–H groups in total. The van der Waals surface area contributed by atoms with Crippen LogP contribution in [0, 0.1) is 5.82 Å². The third-order valence-electron chi connectivity index (χ3n) is 5.99. The van der Waals surface area contributed by atoms with E-state index < -0.39 is 0 Å². The van der Waals surface area contributed by atoms with E-state index in [0.29, 0.717) is 0 Å². The van der Waals surface area contributed by atoms with Crippen LogP contribution in [0.4, 0.5) is 4.39 Å². The number of nitrogens with zero attached hydrogens (tertiary/aromatic N) is 3. The molecule has 2 fully saturated rings. The smallest absolute Gasteiger partial charge is 0.123 e. The van der Waals surface area contributed by atoms with Crippen LogP contribution in [0.25, 0.3) is 5.69 Å². The van der Waals surface area contributed by atoms with Crippen LogP contribution in [0.5, 0.6) is 0 Å². The monoisotopic (exact) mass is 356 g/mol. The Morgan fingerprint density at radius 2 is 2.12 bits per heavy atom. The zero-order valence-electron chi connectivity index (χ0n) is 15.0. The summed E-state index contributed by atoms with van der Waals surface area (Å²) in [6, 6.07) is 6.65. The number of ether oxygens (including phenoxy) is 1. The Labute approximate surface area is 153 Å². The van der Waals surface area contributed by atoms with Gasteiger partial charge in [-0.25, -0.2) is 9.07 Å². The van der Waals surface area contributed by atoms with E-state index in [1.165, 1.54) is 35.5 Å². The quantitative estimate of drug-likeness (QED) is 0.914. The van der Waals surface area contributed by atoms with Crippen molar-refractivity contribution in [1.82, 2.24) is 20.0 Å². The third-order valence-corrected chi connectivity index (χ3v) is 5.99. The van der Waals surface area contributed by atoms with Gasteiger partial charge in [-0.3, -0.25) is 4.90 Å². The van der Waals surface area contributed by atoms with E-state index in [-0.39, 0.29) is 11.4 Å². The maximum atomic E-state index is 13.3. The van der Waals surface area contributed by atoms with Crippen molar-refractivity contribution in [3.63, 3.8) is 0 Å². The van der Waals surface area contributed by atoms with Gasteiger partial charge in [-0.05, 0) is 55.5 Å². The Kier molecular flexibility index (Phi) is 4.07. The highest BCUT2D eigenvalue weighted by Gasteiger charge is 2.40. The van der Waals surface area contributed by atoms with Crippen molar-refractivity contribution in [2.45, 2.75) is 37.8 Å². The molecule has 5 nitrogen and oxygen atoms in total. The van der Waals surface area contributed by atoms with Crippen molar-refractivity contribution >= 4 is 0 Å². The van der Waals surface area contributed by atoms with E-state index in [1.807, 2.05) is 16.8 Å². The van der Waals surface area contributed by atoms with E-state index >= 15 is 0 Å². The van der Waals surface area contributed by atoms with Crippen molar-refractivity contribution in [2.24, 2.45) is 0 Å². The van der Waals surface area contributed by atoms with Gasteiger partial charge in [0.05, 0.1) is 23.6 Å². The summed E-state index contributed by atoms with van der Waals surface area (Å²) in [7, 11) is 0. The molecular weight excluding hydrogens is 331 g/mol. The molecule has 138 valence electrons. The highest BCUT2D eigenvalue weighted by atomic mass is 19.1. The lowest BCUT2D eigenvalue weighted by Crippen LogP contribution is -2.51. The number of hydrogen-bond donors (Lipinski definition) is 1. The van der Waals surface area contributed by atoms with Crippen molar-refractivity contribution in [3.8, 4) is 5.69 Å². The largest absolute Gasteiger partial charge is 0.371 e. The zero-order chi connectivity index (χ0) is 17.6. The summed E-state index contributed by atoms with van der Waals surface area (Å²) >= 11 is 0. The molecule has 3 heterocycles.